The molecule has 0 spiro atoms. The molecule has 1 unspecified atom stereocenters. The number of ether oxygens (including phenoxy) is 1. The number of alkyl halides is 3. The molecule has 13 heteroatoms. The number of anilines is 1. The summed E-state index contributed by atoms with van der Waals surface area (Å²) in [5.41, 5.74) is -0.253. The predicted octanol–water partition coefficient (Wildman–Crippen LogP) is 6.74. The minimum absolute atomic E-state index is 0.0345. The van der Waals surface area contributed by atoms with Crippen LogP contribution in [0.15, 0.2) is 71.6 Å². The standard InChI is InChI=1S/C33H37ClF3N3O5S/c1-4-30(32(42)38-24-7-5-6-8-24)39(20-23-11-14-26(45-3)15-12-23)31(41)21-40(46(43,44)27-16-9-22(2)10-17-27)25-13-18-29(34)28(19-25)33(35,36)37/h9-19,24,30H,4-8,20-21H2,1-3H3,(H,38,42). The van der Waals surface area contributed by atoms with E-state index in [4.69, 9.17) is 16.3 Å². The highest BCUT2D eigenvalue weighted by atomic mass is 35.5. The summed E-state index contributed by atoms with van der Waals surface area (Å²) in [4.78, 5) is 28.9. The topological polar surface area (TPSA) is 96.0 Å². The van der Waals surface area contributed by atoms with Gasteiger partial charge >= 0.3 is 6.18 Å². The molecule has 0 saturated heterocycles. The van der Waals surface area contributed by atoms with Crippen LogP contribution in [0.3, 0.4) is 0 Å². The molecule has 1 N–H and O–H groups in total. The van der Waals surface area contributed by atoms with Gasteiger partial charge in [0.2, 0.25) is 11.8 Å². The van der Waals surface area contributed by atoms with Crippen LogP contribution >= 0.6 is 11.6 Å². The first-order valence-electron chi connectivity index (χ1n) is 14.9. The number of hydrogen-bond acceptors (Lipinski definition) is 5. The summed E-state index contributed by atoms with van der Waals surface area (Å²) in [5.74, 6) is -0.579. The van der Waals surface area contributed by atoms with Gasteiger partial charge in [0.1, 0.15) is 18.3 Å². The summed E-state index contributed by atoms with van der Waals surface area (Å²) < 4.78 is 75.5. The van der Waals surface area contributed by atoms with E-state index >= 15 is 0 Å². The van der Waals surface area contributed by atoms with Crippen LogP contribution in [0.1, 0.15) is 55.7 Å². The highest BCUT2D eigenvalue weighted by molar-refractivity contribution is 7.92. The molecule has 248 valence electrons. The number of nitrogens with one attached hydrogen (secondary N) is 1. The van der Waals surface area contributed by atoms with Gasteiger partial charge < -0.3 is 15.0 Å². The first-order chi connectivity index (χ1) is 21.7. The third-order valence-corrected chi connectivity index (χ3v) is 10.1. The molecule has 1 aliphatic carbocycles. The Morgan fingerprint density at radius 3 is 2.22 bits per heavy atom. The SMILES string of the molecule is CCC(C(=O)NC1CCCC1)N(Cc1ccc(OC)cc1)C(=O)CN(c1ccc(Cl)c(C(F)(F)F)c1)S(=O)(=O)c1ccc(C)cc1. The molecule has 46 heavy (non-hydrogen) atoms. The fraction of sp³-hybridized carbons (Fsp3) is 0.394. The lowest BCUT2D eigenvalue weighted by Gasteiger charge is -2.34. The molecule has 0 bridgehead atoms. The number of carbonyl (C=O) groups excluding carboxylic acids is 2. The van der Waals surface area contributed by atoms with E-state index in [1.165, 1.54) is 24.1 Å². The van der Waals surface area contributed by atoms with E-state index in [1.807, 2.05) is 0 Å². The van der Waals surface area contributed by atoms with Gasteiger partial charge in [-0.2, -0.15) is 13.2 Å². The van der Waals surface area contributed by atoms with Crippen molar-refractivity contribution in [2.75, 3.05) is 18.0 Å². The molecule has 4 rings (SSSR count). The molecule has 3 aromatic carbocycles. The first-order valence-corrected chi connectivity index (χ1v) is 16.7. The maximum absolute atomic E-state index is 14.2. The summed E-state index contributed by atoms with van der Waals surface area (Å²) in [6.07, 6.45) is -1.09. The van der Waals surface area contributed by atoms with E-state index in [0.29, 0.717) is 21.7 Å². The van der Waals surface area contributed by atoms with Gasteiger partial charge in [-0.3, -0.25) is 13.9 Å². The molecule has 2 amide bonds. The van der Waals surface area contributed by atoms with E-state index in [0.717, 1.165) is 43.4 Å². The zero-order valence-corrected chi connectivity index (χ0v) is 27.4. The lowest BCUT2D eigenvalue weighted by molar-refractivity contribution is -0.140. The van der Waals surface area contributed by atoms with Crippen molar-refractivity contribution >= 4 is 39.1 Å². The van der Waals surface area contributed by atoms with Crippen LogP contribution in [0.5, 0.6) is 5.75 Å². The Morgan fingerprint density at radius 2 is 1.65 bits per heavy atom. The molecular formula is C33H37ClF3N3O5S. The summed E-state index contributed by atoms with van der Waals surface area (Å²) in [5, 5.41) is 2.40. The van der Waals surface area contributed by atoms with E-state index in [1.54, 1.807) is 50.2 Å². The minimum Gasteiger partial charge on any atom is -0.497 e. The number of benzene rings is 3. The predicted molar refractivity (Wildman–Crippen MR) is 170 cm³/mol. The van der Waals surface area contributed by atoms with Crippen molar-refractivity contribution in [2.24, 2.45) is 0 Å². The third kappa shape index (κ3) is 8.33. The smallest absolute Gasteiger partial charge is 0.417 e. The molecule has 0 aliphatic heterocycles. The number of sulfonamides is 1. The molecule has 1 atom stereocenters. The van der Waals surface area contributed by atoms with Gasteiger partial charge in [-0.05, 0) is 74.2 Å². The van der Waals surface area contributed by atoms with Crippen LogP contribution in [0.2, 0.25) is 5.02 Å². The van der Waals surface area contributed by atoms with Gasteiger partial charge in [0.15, 0.2) is 0 Å². The summed E-state index contributed by atoms with van der Waals surface area (Å²) >= 11 is 5.85. The fourth-order valence-corrected chi connectivity index (χ4v) is 7.10. The number of carbonyl (C=O) groups is 2. The van der Waals surface area contributed by atoms with Crippen molar-refractivity contribution in [1.29, 1.82) is 0 Å². The monoisotopic (exact) mass is 679 g/mol. The maximum Gasteiger partial charge on any atom is 0.417 e. The number of hydrogen-bond donors (Lipinski definition) is 1. The lowest BCUT2D eigenvalue weighted by Crippen LogP contribution is -2.53. The number of halogens is 4. The molecule has 8 nitrogen and oxygen atoms in total. The Kier molecular flexibility index (Phi) is 11.3. The molecule has 1 saturated carbocycles. The Balaban J connectivity index is 1.78. The van der Waals surface area contributed by atoms with Crippen molar-refractivity contribution in [3.05, 3.63) is 88.4 Å². The molecule has 3 aromatic rings. The third-order valence-electron chi connectivity index (χ3n) is 8.03. The van der Waals surface area contributed by atoms with Crippen LogP contribution in [0, 0.1) is 6.92 Å². The average Bonchev–Trinajstić information content (AvgIpc) is 3.53. The van der Waals surface area contributed by atoms with E-state index in [9.17, 15) is 31.2 Å². The van der Waals surface area contributed by atoms with Crippen molar-refractivity contribution in [3.8, 4) is 5.75 Å². The van der Waals surface area contributed by atoms with Gasteiger partial charge in [-0.1, -0.05) is 61.2 Å². The second kappa shape index (κ2) is 14.8. The molecule has 0 radical (unpaired) electrons. The van der Waals surface area contributed by atoms with Crippen LogP contribution < -0.4 is 14.4 Å². The van der Waals surface area contributed by atoms with Crippen LogP contribution in [0.25, 0.3) is 0 Å². The number of amides is 2. The summed E-state index contributed by atoms with van der Waals surface area (Å²) in [6, 6.07) is 14.2. The van der Waals surface area contributed by atoms with Gasteiger partial charge in [0.05, 0.1) is 28.3 Å². The van der Waals surface area contributed by atoms with Gasteiger partial charge in [0, 0.05) is 12.6 Å². The number of methoxy groups -OCH3 is 1. The second-order valence-corrected chi connectivity index (χ2v) is 13.5. The Morgan fingerprint density at radius 1 is 1.02 bits per heavy atom. The molecule has 1 aliphatic rings. The minimum atomic E-state index is -4.89. The van der Waals surface area contributed by atoms with Gasteiger partial charge in [-0.15, -0.1) is 0 Å². The zero-order chi connectivity index (χ0) is 33.6. The van der Waals surface area contributed by atoms with Gasteiger partial charge in [-0.25, -0.2) is 8.42 Å². The normalized spacial score (nSPS) is 14.5. The fourth-order valence-electron chi connectivity index (χ4n) is 5.47. The molecular weight excluding hydrogens is 643 g/mol. The Labute approximate surface area is 272 Å². The van der Waals surface area contributed by atoms with Crippen molar-refractivity contribution in [2.45, 2.75) is 75.7 Å². The zero-order valence-electron chi connectivity index (χ0n) is 25.8. The van der Waals surface area contributed by atoms with E-state index in [-0.39, 0.29) is 29.8 Å². The van der Waals surface area contributed by atoms with Crippen LogP contribution in [0.4, 0.5) is 18.9 Å². The van der Waals surface area contributed by atoms with Crippen molar-refractivity contribution in [1.82, 2.24) is 10.2 Å². The number of aryl methyl sites for hydroxylation is 1. The average molecular weight is 680 g/mol. The van der Waals surface area contributed by atoms with Crippen LogP contribution in [-0.2, 0) is 32.3 Å². The number of rotatable bonds is 12. The second-order valence-electron chi connectivity index (χ2n) is 11.3. The highest BCUT2D eigenvalue weighted by Crippen LogP contribution is 2.38. The van der Waals surface area contributed by atoms with Crippen molar-refractivity contribution in [3.63, 3.8) is 0 Å². The highest BCUT2D eigenvalue weighted by Gasteiger charge is 2.37. The summed E-state index contributed by atoms with van der Waals surface area (Å²) in [7, 11) is -3.06. The number of nitrogens with zero attached hydrogens (tertiary/aromatic N) is 2. The van der Waals surface area contributed by atoms with Crippen molar-refractivity contribution < 1.29 is 35.9 Å². The van der Waals surface area contributed by atoms with E-state index in [2.05, 4.69) is 5.32 Å². The Bertz CT molecular complexity index is 1630. The largest absolute Gasteiger partial charge is 0.497 e. The lowest BCUT2D eigenvalue weighted by atomic mass is 10.1. The first kappa shape index (κ1) is 35.1. The molecule has 0 heterocycles. The van der Waals surface area contributed by atoms with Crippen LogP contribution in [-0.4, -0.2) is 50.9 Å². The van der Waals surface area contributed by atoms with E-state index < -0.39 is 51.0 Å². The Hall–Kier alpha value is -3.77. The molecule has 0 aromatic heterocycles. The maximum atomic E-state index is 14.2. The summed E-state index contributed by atoms with van der Waals surface area (Å²) in [6.45, 7) is 2.55. The van der Waals surface area contributed by atoms with Gasteiger partial charge in [0.25, 0.3) is 10.0 Å². The molecule has 1 fully saturated rings. The quantitative estimate of drug-likeness (QED) is 0.229.